The third kappa shape index (κ3) is 4.21. The van der Waals surface area contributed by atoms with Gasteiger partial charge in [0.15, 0.2) is 0 Å². The standard InChI is InChI=1S/C25H22N4O3/c1-16-13-17(2)27-24(23(16)29(31)32)28(25(30)20-11-12-20)15-18-7-9-19(10-8-18)22-6-4-3-5-21(22)14-26/h3-10,13,20H,11-12,15H2,1-2H3. The molecule has 160 valence electrons. The van der Waals surface area contributed by atoms with Crippen LogP contribution in [0.4, 0.5) is 11.5 Å². The highest BCUT2D eigenvalue weighted by Gasteiger charge is 2.37. The van der Waals surface area contributed by atoms with Gasteiger partial charge < -0.3 is 0 Å². The van der Waals surface area contributed by atoms with Gasteiger partial charge in [-0.3, -0.25) is 19.8 Å². The summed E-state index contributed by atoms with van der Waals surface area (Å²) in [7, 11) is 0. The molecule has 3 aromatic rings. The van der Waals surface area contributed by atoms with Crippen molar-refractivity contribution in [1.82, 2.24) is 4.98 Å². The van der Waals surface area contributed by atoms with Gasteiger partial charge in [-0.05, 0) is 55.5 Å². The van der Waals surface area contributed by atoms with Gasteiger partial charge in [-0.25, -0.2) is 4.98 Å². The highest BCUT2D eigenvalue weighted by Crippen LogP contribution is 2.37. The molecule has 0 atom stereocenters. The largest absolute Gasteiger partial charge is 0.314 e. The maximum atomic E-state index is 13.1. The second kappa shape index (κ2) is 8.60. The Morgan fingerprint density at radius 2 is 1.88 bits per heavy atom. The van der Waals surface area contributed by atoms with Crippen molar-refractivity contribution in [2.45, 2.75) is 33.2 Å². The molecule has 7 heteroatoms. The molecule has 0 bridgehead atoms. The molecule has 1 heterocycles. The zero-order valence-electron chi connectivity index (χ0n) is 17.9. The van der Waals surface area contributed by atoms with Gasteiger partial charge in [-0.1, -0.05) is 42.5 Å². The predicted molar refractivity (Wildman–Crippen MR) is 121 cm³/mol. The van der Waals surface area contributed by atoms with Gasteiger partial charge in [0.25, 0.3) is 0 Å². The zero-order chi connectivity index (χ0) is 22.8. The van der Waals surface area contributed by atoms with Gasteiger partial charge in [-0.2, -0.15) is 5.26 Å². The molecular formula is C25H22N4O3. The molecule has 4 rings (SSSR count). The first-order chi connectivity index (χ1) is 15.4. The van der Waals surface area contributed by atoms with Crippen LogP contribution in [0.25, 0.3) is 11.1 Å². The van der Waals surface area contributed by atoms with Crippen LogP contribution in [-0.2, 0) is 11.3 Å². The average Bonchev–Trinajstić information content (AvgIpc) is 3.62. The molecule has 32 heavy (non-hydrogen) atoms. The summed E-state index contributed by atoms with van der Waals surface area (Å²) in [5, 5.41) is 21.1. The molecule has 1 aliphatic rings. The number of nitrogens with zero attached hydrogens (tertiary/aromatic N) is 4. The number of anilines is 1. The Kier molecular flexibility index (Phi) is 5.69. The topological polar surface area (TPSA) is 100 Å². The van der Waals surface area contributed by atoms with Crippen molar-refractivity contribution in [1.29, 1.82) is 5.26 Å². The van der Waals surface area contributed by atoms with Crippen LogP contribution in [-0.4, -0.2) is 15.8 Å². The molecule has 2 aromatic carbocycles. The van der Waals surface area contributed by atoms with Crippen LogP contribution < -0.4 is 4.90 Å². The smallest absolute Gasteiger partial charge is 0.286 e. The maximum Gasteiger partial charge on any atom is 0.314 e. The first-order valence-corrected chi connectivity index (χ1v) is 10.4. The number of aryl methyl sites for hydroxylation is 2. The molecule has 0 radical (unpaired) electrons. The van der Waals surface area contributed by atoms with E-state index in [-0.39, 0.29) is 29.9 Å². The van der Waals surface area contributed by atoms with Crippen LogP contribution in [0.15, 0.2) is 54.6 Å². The van der Waals surface area contributed by atoms with Crippen molar-refractivity contribution >= 4 is 17.4 Å². The number of benzene rings is 2. The van der Waals surface area contributed by atoms with E-state index >= 15 is 0 Å². The Morgan fingerprint density at radius 1 is 1.19 bits per heavy atom. The van der Waals surface area contributed by atoms with Gasteiger partial charge in [0.2, 0.25) is 11.7 Å². The van der Waals surface area contributed by atoms with Crippen LogP contribution in [0.3, 0.4) is 0 Å². The third-order valence-corrected chi connectivity index (χ3v) is 5.58. The van der Waals surface area contributed by atoms with Crippen LogP contribution in [0, 0.1) is 41.2 Å². The molecule has 0 spiro atoms. The average molecular weight is 426 g/mol. The van der Waals surface area contributed by atoms with Crippen LogP contribution in [0.5, 0.6) is 0 Å². The number of hydrogen-bond acceptors (Lipinski definition) is 5. The lowest BCUT2D eigenvalue weighted by molar-refractivity contribution is -0.384. The molecule has 7 nitrogen and oxygen atoms in total. The number of aromatic nitrogens is 1. The lowest BCUT2D eigenvalue weighted by Gasteiger charge is -2.23. The number of carbonyl (C=O) groups is 1. The van der Waals surface area contributed by atoms with Gasteiger partial charge in [0, 0.05) is 17.2 Å². The summed E-state index contributed by atoms with van der Waals surface area (Å²) in [6.45, 7) is 3.62. The summed E-state index contributed by atoms with van der Waals surface area (Å²) in [6.07, 6.45) is 1.58. The van der Waals surface area contributed by atoms with Crippen LogP contribution in [0.1, 0.15) is 35.2 Å². The van der Waals surface area contributed by atoms with Crippen molar-refractivity contribution in [3.05, 3.63) is 87.1 Å². The third-order valence-electron chi connectivity index (χ3n) is 5.58. The van der Waals surface area contributed by atoms with Crippen molar-refractivity contribution < 1.29 is 9.72 Å². The van der Waals surface area contributed by atoms with E-state index in [2.05, 4.69) is 11.1 Å². The number of rotatable bonds is 6. The Hall–Kier alpha value is -4.05. The lowest BCUT2D eigenvalue weighted by atomic mass is 9.99. The monoisotopic (exact) mass is 426 g/mol. The van der Waals surface area contributed by atoms with Gasteiger partial charge in [0.1, 0.15) is 0 Å². The molecule has 1 fully saturated rings. The number of nitro groups is 1. The summed E-state index contributed by atoms with van der Waals surface area (Å²) in [6, 6.07) is 18.8. The van der Waals surface area contributed by atoms with E-state index in [4.69, 9.17) is 0 Å². The van der Waals surface area contributed by atoms with Crippen molar-refractivity contribution in [3.63, 3.8) is 0 Å². The summed E-state index contributed by atoms with van der Waals surface area (Å²) in [5.41, 5.74) is 4.10. The fourth-order valence-corrected chi connectivity index (χ4v) is 3.84. The van der Waals surface area contributed by atoms with Gasteiger partial charge in [0.05, 0.1) is 23.1 Å². The Labute approximate surface area is 186 Å². The van der Waals surface area contributed by atoms with E-state index in [1.807, 2.05) is 42.5 Å². The van der Waals surface area contributed by atoms with Crippen molar-refractivity contribution in [3.8, 4) is 17.2 Å². The number of nitriles is 1. The Bertz CT molecular complexity index is 1240. The van der Waals surface area contributed by atoms with Crippen molar-refractivity contribution in [2.24, 2.45) is 5.92 Å². The SMILES string of the molecule is Cc1cc(C)c([N+](=O)[O-])c(N(Cc2ccc(-c3ccccc3C#N)cc2)C(=O)C2CC2)n1. The Balaban J connectivity index is 1.71. The van der Waals surface area contributed by atoms with Crippen LogP contribution in [0.2, 0.25) is 0 Å². The minimum Gasteiger partial charge on any atom is -0.286 e. The summed E-state index contributed by atoms with van der Waals surface area (Å²) >= 11 is 0. The summed E-state index contributed by atoms with van der Waals surface area (Å²) < 4.78 is 0. The molecule has 1 saturated carbocycles. The first-order valence-electron chi connectivity index (χ1n) is 10.4. The molecule has 1 amide bonds. The predicted octanol–water partition coefficient (Wildman–Crippen LogP) is 5.09. The van der Waals surface area contributed by atoms with Crippen molar-refractivity contribution in [2.75, 3.05) is 4.90 Å². The highest BCUT2D eigenvalue weighted by atomic mass is 16.6. The normalized spacial score (nSPS) is 12.8. The second-order valence-corrected chi connectivity index (χ2v) is 8.06. The van der Waals surface area contributed by atoms with Gasteiger partial charge >= 0.3 is 5.69 Å². The molecule has 0 N–H and O–H groups in total. The summed E-state index contributed by atoms with van der Waals surface area (Å²) in [5.74, 6) is -0.146. The fraction of sp³-hybridized carbons (Fsp3) is 0.240. The van der Waals surface area contributed by atoms with Crippen LogP contribution >= 0.6 is 0 Å². The number of hydrogen-bond donors (Lipinski definition) is 0. The summed E-state index contributed by atoms with van der Waals surface area (Å²) in [4.78, 5) is 30.3. The van der Waals surface area contributed by atoms with E-state index in [9.17, 15) is 20.2 Å². The van der Waals surface area contributed by atoms with E-state index < -0.39 is 4.92 Å². The quantitative estimate of drug-likeness (QED) is 0.404. The molecular weight excluding hydrogens is 404 g/mol. The number of amides is 1. The fourth-order valence-electron chi connectivity index (χ4n) is 3.84. The van der Waals surface area contributed by atoms with E-state index in [0.717, 1.165) is 29.5 Å². The molecule has 0 unspecified atom stereocenters. The lowest BCUT2D eigenvalue weighted by Crippen LogP contribution is -2.33. The molecule has 1 aromatic heterocycles. The Morgan fingerprint density at radius 3 is 2.50 bits per heavy atom. The van der Waals surface area contributed by atoms with E-state index in [0.29, 0.717) is 16.8 Å². The number of carbonyl (C=O) groups excluding carboxylic acids is 1. The van der Waals surface area contributed by atoms with E-state index in [1.54, 1.807) is 26.0 Å². The zero-order valence-corrected chi connectivity index (χ0v) is 17.9. The highest BCUT2D eigenvalue weighted by molar-refractivity contribution is 5.97. The van der Waals surface area contributed by atoms with Gasteiger partial charge in [-0.15, -0.1) is 0 Å². The molecule has 0 saturated heterocycles. The molecule has 0 aliphatic heterocycles. The van der Waals surface area contributed by atoms with E-state index in [1.165, 1.54) is 4.90 Å². The first kappa shape index (κ1) is 21.2. The minimum atomic E-state index is -0.466. The second-order valence-electron chi connectivity index (χ2n) is 8.06. The minimum absolute atomic E-state index is 0.100. The molecule has 1 aliphatic carbocycles. The maximum absolute atomic E-state index is 13.1. The number of pyridine rings is 1.